The number of nitrogens with zero attached hydrogens (tertiary/aromatic N) is 2. The number of carboxylic acids is 1. The van der Waals surface area contributed by atoms with Gasteiger partial charge < -0.3 is 20.3 Å². The molecule has 4 rings (SSSR count). The van der Waals surface area contributed by atoms with Gasteiger partial charge in [0.25, 0.3) is 5.91 Å². The first-order valence-electron chi connectivity index (χ1n) is 13.2. The van der Waals surface area contributed by atoms with Crippen molar-refractivity contribution in [1.29, 1.82) is 0 Å². The molecule has 0 saturated carbocycles. The smallest absolute Gasteiger partial charge is 0.490 e. The van der Waals surface area contributed by atoms with Gasteiger partial charge in [-0.25, -0.2) is 4.79 Å². The number of alkyl halides is 3. The van der Waals surface area contributed by atoms with E-state index in [1.165, 1.54) is 0 Å². The van der Waals surface area contributed by atoms with Gasteiger partial charge in [-0.1, -0.05) is 24.3 Å². The summed E-state index contributed by atoms with van der Waals surface area (Å²) in [5.41, 5.74) is 3.69. The van der Waals surface area contributed by atoms with Crippen molar-refractivity contribution < 1.29 is 37.7 Å². The van der Waals surface area contributed by atoms with Gasteiger partial charge in [-0.15, -0.1) is 0 Å². The highest BCUT2D eigenvalue weighted by molar-refractivity contribution is 6.04. The van der Waals surface area contributed by atoms with Crippen LogP contribution in [0.15, 0.2) is 72.8 Å². The van der Waals surface area contributed by atoms with Crippen molar-refractivity contribution in [1.82, 2.24) is 9.80 Å². The Balaban J connectivity index is 0.000000587. The van der Waals surface area contributed by atoms with Gasteiger partial charge in [-0.3, -0.25) is 14.6 Å². The van der Waals surface area contributed by atoms with E-state index in [0.717, 1.165) is 68.3 Å². The molecule has 0 bridgehead atoms. The highest BCUT2D eigenvalue weighted by Gasteiger charge is 2.38. The predicted octanol–water partition coefficient (Wildman–Crippen LogP) is 5.38. The molecule has 1 saturated heterocycles. The van der Waals surface area contributed by atoms with E-state index in [0.29, 0.717) is 17.9 Å². The molecule has 41 heavy (non-hydrogen) atoms. The lowest BCUT2D eigenvalue weighted by atomic mass is 10.1. The second-order valence-corrected chi connectivity index (χ2v) is 9.49. The van der Waals surface area contributed by atoms with E-state index in [1.807, 2.05) is 61.5 Å². The first-order chi connectivity index (χ1) is 19.5. The normalized spacial score (nSPS) is 14.3. The molecular formula is C30H34F3N3O5. The molecule has 3 N–H and O–H groups in total. The number of aromatic hydroxyl groups is 1. The van der Waals surface area contributed by atoms with Crippen molar-refractivity contribution in [2.24, 2.45) is 0 Å². The van der Waals surface area contributed by atoms with E-state index in [9.17, 15) is 23.1 Å². The lowest BCUT2D eigenvalue weighted by Gasteiger charge is -2.22. The molecule has 0 aliphatic carbocycles. The Bertz CT molecular complexity index is 1280. The van der Waals surface area contributed by atoms with Crippen LogP contribution in [0.1, 0.15) is 34.8 Å². The summed E-state index contributed by atoms with van der Waals surface area (Å²) in [6.07, 6.45) is -3.99. The highest BCUT2D eigenvalue weighted by atomic mass is 19.4. The molecule has 8 nitrogen and oxygen atoms in total. The number of amides is 1. The summed E-state index contributed by atoms with van der Waals surface area (Å²) < 4.78 is 37.2. The summed E-state index contributed by atoms with van der Waals surface area (Å²) in [5, 5.41) is 19.8. The maximum Gasteiger partial charge on any atom is 0.490 e. The molecule has 1 aliphatic rings. The molecule has 11 heteroatoms. The summed E-state index contributed by atoms with van der Waals surface area (Å²) in [5.74, 6) is -1.76. The molecule has 1 heterocycles. The van der Waals surface area contributed by atoms with Crippen molar-refractivity contribution in [3.05, 3.63) is 89.5 Å². The van der Waals surface area contributed by atoms with Gasteiger partial charge in [0.1, 0.15) is 11.5 Å². The molecule has 1 amide bonds. The molecule has 1 aliphatic heterocycles. The number of carbonyl (C=O) groups excluding carboxylic acids is 1. The van der Waals surface area contributed by atoms with Crippen LogP contribution in [0.2, 0.25) is 0 Å². The lowest BCUT2D eigenvalue weighted by Crippen LogP contribution is -2.30. The molecule has 0 atom stereocenters. The van der Waals surface area contributed by atoms with Crippen LogP contribution in [0.4, 0.5) is 18.9 Å². The lowest BCUT2D eigenvalue weighted by molar-refractivity contribution is -0.192. The van der Waals surface area contributed by atoms with Crippen LogP contribution in [0.5, 0.6) is 11.5 Å². The number of phenolic OH excluding ortho intramolecular Hbond substituents is 1. The molecule has 1 fully saturated rings. The number of aliphatic carboxylic acids is 1. The van der Waals surface area contributed by atoms with E-state index in [4.69, 9.17) is 14.6 Å². The summed E-state index contributed by atoms with van der Waals surface area (Å²) in [6, 6.07) is 22.8. The quantitative estimate of drug-likeness (QED) is 0.332. The third kappa shape index (κ3) is 10.8. The van der Waals surface area contributed by atoms with Gasteiger partial charge >= 0.3 is 12.1 Å². The van der Waals surface area contributed by atoms with E-state index in [-0.39, 0.29) is 5.91 Å². The number of hydrogen-bond donors (Lipinski definition) is 3. The number of benzene rings is 3. The van der Waals surface area contributed by atoms with E-state index in [1.54, 1.807) is 6.07 Å². The number of nitrogens with one attached hydrogen (secondary N) is 1. The third-order valence-electron chi connectivity index (χ3n) is 6.26. The fraction of sp³-hybridized carbons (Fsp3) is 0.333. The largest absolute Gasteiger partial charge is 0.508 e. The van der Waals surface area contributed by atoms with Crippen molar-refractivity contribution in [3.63, 3.8) is 0 Å². The minimum Gasteiger partial charge on any atom is -0.508 e. The number of anilines is 1. The molecule has 3 aromatic rings. The second-order valence-electron chi connectivity index (χ2n) is 9.49. The van der Waals surface area contributed by atoms with Crippen molar-refractivity contribution >= 4 is 17.6 Å². The number of ether oxygens (including phenoxy) is 1. The summed E-state index contributed by atoms with van der Waals surface area (Å²) in [6.45, 7) is 8.25. The average molecular weight is 574 g/mol. The fourth-order valence-corrected chi connectivity index (χ4v) is 4.33. The SMILES string of the molecule is CCOc1ccc(NC(=O)c2cccc(CN3CCCN(Cc4cccc(O)c4)CC3)c2)cc1.O=C(O)C(F)(F)F. The zero-order valence-electron chi connectivity index (χ0n) is 22.7. The number of rotatable bonds is 8. The van der Waals surface area contributed by atoms with Gasteiger partial charge in [-0.05, 0) is 86.1 Å². The van der Waals surface area contributed by atoms with Crippen LogP contribution >= 0.6 is 0 Å². The van der Waals surface area contributed by atoms with Crippen LogP contribution in [-0.4, -0.2) is 70.9 Å². The van der Waals surface area contributed by atoms with Crippen molar-refractivity contribution in [2.45, 2.75) is 32.6 Å². The van der Waals surface area contributed by atoms with Crippen LogP contribution in [0.3, 0.4) is 0 Å². The van der Waals surface area contributed by atoms with E-state index in [2.05, 4.69) is 27.2 Å². The maximum absolute atomic E-state index is 12.8. The van der Waals surface area contributed by atoms with Gasteiger partial charge in [0.2, 0.25) is 0 Å². The zero-order chi connectivity index (χ0) is 29.8. The molecule has 0 radical (unpaired) electrons. The summed E-state index contributed by atoms with van der Waals surface area (Å²) >= 11 is 0. The Morgan fingerprint density at radius 1 is 0.878 bits per heavy atom. The third-order valence-corrected chi connectivity index (χ3v) is 6.26. The van der Waals surface area contributed by atoms with Crippen LogP contribution < -0.4 is 10.1 Å². The topological polar surface area (TPSA) is 102 Å². The number of carboxylic acid groups (broad SMARTS) is 1. The number of hydrogen-bond acceptors (Lipinski definition) is 6. The second kappa shape index (κ2) is 15.1. The first-order valence-corrected chi connectivity index (χ1v) is 13.2. The average Bonchev–Trinajstić information content (AvgIpc) is 3.14. The minimum atomic E-state index is -5.08. The fourth-order valence-electron chi connectivity index (χ4n) is 4.33. The standard InChI is InChI=1S/C28H33N3O3.C2HF3O2/c1-2-34-27-12-10-25(11-13-27)29-28(33)24-8-3-6-22(18-24)20-30-14-5-15-31(17-16-30)21-23-7-4-9-26(32)19-23;3-2(4,5)1(6)7/h3-4,6-13,18-19,32H,2,5,14-17,20-21H2,1H3,(H,29,33);(H,6,7). The van der Waals surface area contributed by atoms with Crippen molar-refractivity contribution in [2.75, 3.05) is 38.1 Å². The zero-order valence-corrected chi connectivity index (χ0v) is 22.7. The van der Waals surface area contributed by atoms with E-state index < -0.39 is 12.1 Å². The van der Waals surface area contributed by atoms with E-state index >= 15 is 0 Å². The molecule has 0 spiro atoms. The Labute approximate surface area is 237 Å². The number of halogens is 3. The monoisotopic (exact) mass is 573 g/mol. The Morgan fingerprint density at radius 3 is 1.98 bits per heavy atom. The molecular weight excluding hydrogens is 539 g/mol. The van der Waals surface area contributed by atoms with Gasteiger partial charge in [0.05, 0.1) is 6.61 Å². The Hall–Kier alpha value is -4.09. The van der Waals surface area contributed by atoms with Gasteiger partial charge in [-0.2, -0.15) is 13.2 Å². The van der Waals surface area contributed by atoms with Crippen molar-refractivity contribution in [3.8, 4) is 11.5 Å². The highest BCUT2D eigenvalue weighted by Crippen LogP contribution is 2.19. The Morgan fingerprint density at radius 2 is 1.44 bits per heavy atom. The van der Waals surface area contributed by atoms with Crippen LogP contribution in [0, 0.1) is 0 Å². The molecule has 3 aromatic carbocycles. The minimum absolute atomic E-state index is 0.112. The molecule has 0 unspecified atom stereocenters. The number of phenols is 1. The van der Waals surface area contributed by atoms with Gasteiger partial charge in [0.15, 0.2) is 0 Å². The molecule has 220 valence electrons. The summed E-state index contributed by atoms with van der Waals surface area (Å²) in [4.78, 5) is 26.6. The molecule has 0 aromatic heterocycles. The number of carbonyl (C=O) groups is 2. The Kier molecular flexibility index (Phi) is 11.5. The van der Waals surface area contributed by atoms with Gasteiger partial charge in [0, 0.05) is 37.4 Å². The first kappa shape index (κ1) is 31.4. The summed E-state index contributed by atoms with van der Waals surface area (Å²) in [7, 11) is 0. The van der Waals surface area contributed by atoms with Crippen LogP contribution in [-0.2, 0) is 17.9 Å². The van der Waals surface area contributed by atoms with Crippen LogP contribution in [0.25, 0.3) is 0 Å². The maximum atomic E-state index is 12.8. The predicted molar refractivity (Wildman–Crippen MR) is 149 cm³/mol.